The van der Waals surface area contributed by atoms with Crippen LogP contribution in [0.3, 0.4) is 0 Å². The number of para-hydroxylation sites is 2. The first-order chi connectivity index (χ1) is 10.4. The molecule has 101 valence electrons. The second-order valence-electron chi connectivity index (χ2n) is 4.59. The van der Waals surface area contributed by atoms with Crippen LogP contribution in [0.15, 0.2) is 84.9 Å². The third-order valence-corrected chi connectivity index (χ3v) is 3.17. The van der Waals surface area contributed by atoms with Gasteiger partial charge in [-0.05, 0) is 36.4 Å². The van der Waals surface area contributed by atoms with Crippen LogP contribution < -0.4 is 4.90 Å². The minimum atomic E-state index is -0.0898. The summed E-state index contributed by atoms with van der Waals surface area (Å²) in [7, 11) is 0. The molecule has 0 saturated heterocycles. The fourth-order valence-electron chi connectivity index (χ4n) is 2.18. The Kier molecular flexibility index (Phi) is 3.79. The number of benzene rings is 3. The minimum absolute atomic E-state index is 0.0898. The standard InChI is InChI=1S/C19H14NO/c21-19(16-10-4-1-5-11-16)20(17-12-6-2-7-13-17)18-14-8-3-9-15-18/h1-10,12-15H. The van der Waals surface area contributed by atoms with Gasteiger partial charge in [0.1, 0.15) is 0 Å². The van der Waals surface area contributed by atoms with Gasteiger partial charge in [-0.2, -0.15) is 0 Å². The van der Waals surface area contributed by atoms with Crippen LogP contribution in [0.4, 0.5) is 11.4 Å². The Morgan fingerprint density at radius 1 is 0.714 bits per heavy atom. The third-order valence-electron chi connectivity index (χ3n) is 3.17. The first-order valence-corrected chi connectivity index (χ1v) is 6.77. The highest BCUT2D eigenvalue weighted by Gasteiger charge is 2.19. The van der Waals surface area contributed by atoms with Gasteiger partial charge in [0.25, 0.3) is 5.91 Å². The molecule has 0 atom stereocenters. The van der Waals surface area contributed by atoms with Gasteiger partial charge in [0.05, 0.1) is 0 Å². The van der Waals surface area contributed by atoms with E-state index >= 15 is 0 Å². The molecule has 3 aromatic carbocycles. The topological polar surface area (TPSA) is 20.3 Å². The first kappa shape index (κ1) is 13.1. The zero-order chi connectivity index (χ0) is 14.5. The van der Waals surface area contributed by atoms with E-state index in [1.165, 1.54) is 0 Å². The quantitative estimate of drug-likeness (QED) is 0.689. The SMILES string of the molecule is O=C(c1[c]cccc1)N(c1ccccc1)c1ccccc1. The van der Waals surface area contributed by atoms with Crippen molar-refractivity contribution in [1.29, 1.82) is 0 Å². The molecule has 0 spiro atoms. The zero-order valence-electron chi connectivity index (χ0n) is 11.4. The summed E-state index contributed by atoms with van der Waals surface area (Å²) in [6, 6.07) is 29.5. The Balaban J connectivity index is 2.07. The maximum atomic E-state index is 12.8. The highest BCUT2D eigenvalue weighted by molar-refractivity contribution is 6.10. The number of carbonyl (C=O) groups excluding carboxylic acids is 1. The molecular formula is C19H14NO. The highest BCUT2D eigenvalue weighted by Crippen LogP contribution is 2.26. The molecule has 3 aromatic rings. The van der Waals surface area contributed by atoms with E-state index in [0.717, 1.165) is 11.4 Å². The number of anilines is 2. The molecule has 0 fully saturated rings. The van der Waals surface area contributed by atoms with Crippen molar-refractivity contribution in [3.63, 3.8) is 0 Å². The lowest BCUT2D eigenvalue weighted by atomic mass is 10.1. The van der Waals surface area contributed by atoms with Crippen molar-refractivity contribution in [2.24, 2.45) is 0 Å². The first-order valence-electron chi connectivity index (χ1n) is 6.77. The van der Waals surface area contributed by atoms with Crippen molar-refractivity contribution in [2.75, 3.05) is 4.90 Å². The Morgan fingerprint density at radius 2 is 1.24 bits per heavy atom. The summed E-state index contributed by atoms with van der Waals surface area (Å²) < 4.78 is 0. The largest absolute Gasteiger partial charge is 0.277 e. The van der Waals surface area contributed by atoms with E-state index in [1.807, 2.05) is 72.8 Å². The molecule has 0 unspecified atom stereocenters. The lowest BCUT2D eigenvalue weighted by molar-refractivity contribution is 0.0999. The van der Waals surface area contributed by atoms with Crippen molar-refractivity contribution in [2.45, 2.75) is 0 Å². The summed E-state index contributed by atoms with van der Waals surface area (Å²) in [5.41, 5.74) is 2.22. The van der Waals surface area contributed by atoms with Crippen LogP contribution in [0.25, 0.3) is 0 Å². The van der Waals surface area contributed by atoms with Crippen molar-refractivity contribution < 1.29 is 4.79 Å². The monoisotopic (exact) mass is 272 g/mol. The fourth-order valence-corrected chi connectivity index (χ4v) is 2.18. The third kappa shape index (κ3) is 2.84. The Labute approximate surface area is 124 Å². The van der Waals surface area contributed by atoms with E-state index in [9.17, 15) is 4.79 Å². The van der Waals surface area contributed by atoms with E-state index in [0.29, 0.717) is 5.56 Å². The Bertz CT molecular complexity index is 669. The van der Waals surface area contributed by atoms with Gasteiger partial charge in [0.15, 0.2) is 0 Å². The number of nitrogens with zero attached hydrogens (tertiary/aromatic N) is 1. The van der Waals surface area contributed by atoms with Gasteiger partial charge in [-0.25, -0.2) is 0 Å². The average Bonchev–Trinajstić information content (AvgIpc) is 2.58. The smallest absolute Gasteiger partial charge is 0.263 e. The second-order valence-corrected chi connectivity index (χ2v) is 4.59. The fraction of sp³-hybridized carbons (Fsp3) is 0. The van der Waals surface area contributed by atoms with Crippen LogP contribution in [-0.2, 0) is 0 Å². The highest BCUT2D eigenvalue weighted by atomic mass is 16.2. The minimum Gasteiger partial charge on any atom is -0.277 e. The predicted molar refractivity (Wildman–Crippen MR) is 84.6 cm³/mol. The molecule has 0 aromatic heterocycles. The van der Waals surface area contributed by atoms with Gasteiger partial charge in [-0.1, -0.05) is 54.6 Å². The summed E-state index contributed by atoms with van der Waals surface area (Å²) in [4.78, 5) is 14.5. The molecule has 1 amide bonds. The van der Waals surface area contributed by atoms with Crippen molar-refractivity contribution in [3.05, 3.63) is 96.6 Å². The molecular weight excluding hydrogens is 258 g/mol. The molecule has 0 saturated carbocycles. The molecule has 0 aliphatic heterocycles. The zero-order valence-corrected chi connectivity index (χ0v) is 11.4. The summed E-state index contributed by atoms with van der Waals surface area (Å²) in [6.45, 7) is 0. The summed E-state index contributed by atoms with van der Waals surface area (Å²) >= 11 is 0. The van der Waals surface area contributed by atoms with Crippen LogP contribution in [0.2, 0.25) is 0 Å². The van der Waals surface area contributed by atoms with E-state index in [4.69, 9.17) is 0 Å². The predicted octanol–water partition coefficient (Wildman–Crippen LogP) is 4.47. The van der Waals surface area contributed by atoms with E-state index in [-0.39, 0.29) is 5.91 Å². The molecule has 0 N–H and O–H groups in total. The van der Waals surface area contributed by atoms with Crippen molar-refractivity contribution >= 4 is 17.3 Å². The lowest BCUT2D eigenvalue weighted by Crippen LogP contribution is -2.25. The number of hydrogen-bond donors (Lipinski definition) is 0. The molecule has 0 heterocycles. The molecule has 0 aliphatic rings. The van der Waals surface area contributed by atoms with Crippen molar-refractivity contribution in [3.8, 4) is 0 Å². The van der Waals surface area contributed by atoms with Gasteiger partial charge in [-0.3, -0.25) is 9.69 Å². The molecule has 21 heavy (non-hydrogen) atoms. The van der Waals surface area contributed by atoms with Crippen LogP contribution in [0.1, 0.15) is 10.4 Å². The van der Waals surface area contributed by atoms with E-state index < -0.39 is 0 Å². The molecule has 0 bridgehead atoms. The lowest BCUT2D eigenvalue weighted by Gasteiger charge is -2.23. The molecule has 1 radical (unpaired) electrons. The molecule has 3 rings (SSSR count). The van der Waals surface area contributed by atoms with Crippen LogP contribution >= 0.6 is 0 Å². The summed E-state index contributed by atoms with van der Waals surface area (Å²) in [5.74, 6) is -0.0898. The van der Waals surface area contributed by atoms with Crippen LogP contribution in [0, 0.1) is 6.07 Å². The molecule has 2 heteroatoms. The maximum Gasteiger partial charge on any atom is 0.263 e. The maximum absolute atomic E-state index is 12.8. The van der Waals surface area contributed by atoms with Gasteiger partial charge in [0.2, 0.25) is 0 Å². The summed E-state index contributed by atoms with van der Waals surface area (Å²) in [5, 5.41) is 0. The van der Waals surface area contributed by atoms with E-state index in [2.05, 4.69) is 6.07 Å². The molecule has 0 aliphatic carbocycles. The van der Waals surface area contributed by atoms with Gasteiger partial charge in [0, 0.05) is 16.9 Å². The van der Waals surface area contributed by atoms with Gasteiger partial charge < -0.3 is 0 Å². The van der Waals surface area contributed by atoms with Gasteiger partial charge in [-0.15, -0.1) is 0 Å². The number of hydrogen-bond acceptors (Lipinski definition) is 1. The Hall–Kier alpha value is -2.87. The summed E-state index contributed by atoms with van der Waals surface area (Å²) in [6.07, 6.45) is 0. The normalized spacial score (nSPS) is 10.1. The number of carbonyl (C=O) groups is 1. The van der Waals surface area contributed by atoms with Crippen molar-refractivity contribution in [1.82, 2.24) is 0 Å². The molecule has 2 nitrogen and oxygen atoms in total. The average molecular weight is 272 g/mol. The van der Waals surface area contributed by atoms with Crippen LogP contribution in [0.5, 0.6) is 0 Å². The second kappa shape index (κ2) is 6.06. The Morgan fingerprint density at radius 3 is 1.71 bits per heavy atom. The number of amides is 1. The van der Waals surface area contributed by atoms with Gasteiger partial charge >= 0.3 is 0 Å². The number of rotatable bonds is 3. The van der Waals surface area contributed by atoms with E-state index in [1.54, 1.807) is 17.0 Å². The van der Waals surface area contributed by atoms with Crippen LogP contribution in [-0.4, -0.2) is 5.91 Å².